The average Bonchev–Trinajstić information content (AvgIpc) is 2.62. The molecule has 0 unspecified atom stereocenters. The summed E-state index contributed by atoms with van der Waals surface area (Å²) in [7, 11) is 0. The lowest BCUT2D eigenvalue weighted by atomic mass is 10.1. The maximum absolute atomic E-state index is 9.30. The summed E-state index contributed by atoms with van der Waals surface area (Å²) in [5, 5.41) is 9.30. The molecule has 0 aliphatic heterocycles. The van der Waals surface area contributed by atoms with Gasteiger partial charge in [0, 0.05) is 5.56 Å². The Hall–Kier alpha value is -1.77. The maximum atomic E-state index is 9.30. The molecule has 1 aromatic heterocycles. The van der Waals surface area contributed by atoms with Crippen LogP contribution in [-0.4, -0.2) is 10.1 Å². The molecular weight excluding hydrogens is 166 g/mol. The smallest absolute Gasteiger partial charge is 0.181 e. The molecule has 0 amide bonds. The topological polar surface area (TPSA) is 46.3 Å². The number of aryl methyl sites for hydroxylation is 1. The molecule has 2 aromatic rings. The van der Waals surface area contributed by atoms with Crippen LogP contribution in [0.3, 0.4) is 0 Å². The maximum Gasteiger partial charge on any atom is 0.181 e. The van der Waals surface area contributed by atoms with Crippen LogP contribution in [0.25, 0.3) is 11.3 Å². The lowest BCUT2D eigenvalue weighted by Gasteiger charge is -2.00. The third kappa shape index (κ3) is 1.40. The van der Waals surface area contributed by atoms with E-state index in [4.69, 9.17) is 4.42 Å². The summed E-state index contributed by atoms with van der Waals surface area (Å²) in [6.45, 7) is 1.85. The number of benzene rings is 1. The van der Waals surface area contributed by atoms with Crippen LogP contribution in [0.2, 0.25) is 0 Å². The summed E-state index contributed by atoms with van der Waals surface area (Å²) in [5.41, 5.74) is 2.56. The second-order valence-corrected chi connectivity index (χ2v) is 2.87. The van der Waals surface area contributed by atoms with Crippen molar-refractivity contribution in [3.8, 4) is 17.0 Å². The fourth-order valence-electron chi connectivity index (χ4n) is 1.17. The van der Waals surface area contributed by atoms with Crippen LogP contribution < -0.4 is 0 Å². The summed E-state index contributed by atoms with van der Waals surface area (Å²) in [6, 6.07) is 5.33. The molecule has 0 aliphatic carbocycles. The zero-order valence-corrected chi connectivity index (χ0v) is 7.19. The van der Waals surface area contributed by atoms with Gasteiger partial charge in [0.05, 0.1) is 0 Å². The van der Waals surface area contributed by atoms with E-state index in [9.17, 15) is 5.11 Å². The molecule has 2 rings (SSSR count). The quantitative estimate of drug-likeness (QED) is 0.723. The minimum Gasteiger partial charge on any atom is -0.508 e. The SMILES string of the molecule is Cc1cc(-c2cocn2)ccc1O. The highest BCUT2D eigenvalue weighted by atomic mass is 16.3. The van der Waals surface area contributed by atoms with E-state index in [-0.39, 0.29) is 0 Å². The van der Waals surface area contributed by atoms with E-state index in [0.717, 1.165) is 16.8 Å². The van der Waals surface area contributed by atoms with Gasteiger partial charge in [-0.2, -0.15) is 0 Å². The minimum atomic E-state index is 0.298. The first-order valence-electron chi connectivity index (χ1n) is 3.95. The van der Waals surface area contributed by atoms with Gasteiger partial charge in [-0.05, 0) is 30.7 Å². The van der Waals surface area contributed by atoms with Gasteiger partial charge >= 0.3 is 0 Å². The summed E-state index contributed by atoms with van der Waals surface area (Å²) < 4.78 is 4.87. The predicted molar refractivity (Wildman–Crippen MR) is 48.3 cm³/mol. The monoisotopic (exact) mass is 175 g/mol. The molecule has 0 spiro atoms. The Labute approximate surface area is 75.7 Å². The van der Waals surface area contributed by atoms with Gasteiger partial charge in [-0.25, -0.2) is 4.98 Å². The number of nitrogens with zero attached hydrogens (tertiary/aromatic N) is 1. The Morgan fingerprint density at radius 1 is 1.38 bits per heavy atom. The minimum absolute atomic E-state index is 0.298. The first-order valence-corrected chi connectivity index (χ1v) is 3.95. The number of aromatic nitrogens is 1. The molecule has 3 nitrogen and oxygen atoms in total. The first kappa shape index (κ1) is 7.86. The average molecular weight is 175 g/mol. The first-order chi connectivity index (χ1) is 6.27. The molecule has 1 N–H and O–H groups in total. The number of oxazole rings is 1. The van der Waals surface area contributed by atoms with E-state index in [1.807, 2.05) is 13.0 Å². The number of phenols is 1. The van der Waals surface area contributed by atoms with Gasteiger partial charge in [-0.1, -0.05) is 0 Å². The van der Waals surface area contributed by atoms with Crippen molar-refractivity contribution in [2.24, 2.45) is 0 Å². The van der Waals surface area contributed by atoms with Gasteiger partial charge < -0.3 is 9.52 Å². The van der Waals surface area contributed by atoms with Crippen LogP contribution in [0, 0.1) is 6.92 Å². The Balaban J connectivity index is 2.49. The number of aromatic hydroxyl groups is 1. The molecule has 0 atom stereocenters. The van der Waals surface area contributed by atoms with Gasteiger partial charge in [0.15, 0.2) is 6.39 Å². The van der Waals surface area contributed by atoms with E-state index >= 15 is 0 Å². The fraction of sp³-hybridized carbons (Fsp3) is 0.100. The second kappa shape index (κ2) is 2.94. The summed E-state index contributed by atoms with van der Waals surface area (Å²) >= 11 is 0. The molecule has 0 bridgehead atoms. The summed E-state index contributed by atoms with van der Waals surface area (Å²) in [4.78, 5) is 4.01. The molecule has 0 saturated carbocycles. The van der Waals surface area contributed by atoms with Gasteiger partial charge in [0.2, 0.25) is 0 Å². The van der Waals surface area contributed by atoms with Crippen LogP contribution in [0.1, 0.15) is 5.56 Å². The Morgan fingerprint density at radius 2 is 2.23 bits per heavy atom. The number of hydrogen-bond acceptors (Lipinski definition) is 3. The second-order valence-electron chi connectivity index (χ2n) is 2.87. The molecule has 13 heavy (non-hydrogen) atoms. The van der Waals surface area contributed by atoms with Crippen molar-refractivity contribution in [3.05, 3.63) is 36.4 Å². The molecule has 0 fully saturated rings. The van der Waals surface area contributed by atoms with Crippen LogP contribution >= 0.6 is 0 Å². The lowest BCUT2D eigenvalue weighted by molar-refractivity contribution is 0.471. The number of rotatable bonds is 1. The largest absolute Gasteiger partial charge is 0.508 e. The fourth-order valence-corrected chi connectivity index (χ4v) is 1.17. The van der Waals surface area contributed by atoms with Crippen LogP contribution in [0.15, 0.2) is 35.3 Å². The zero-order valence-electron chi connectivity index (χ0n) is 7.19. The van der Waals surface area contributed by atoms with E-state index in [0.29, 0.717) is 5.75 Å². The van der Waals surface area contributed by atoms with Crippen molar-refractivity contribution in [2.75, 3.05) is 0 Å². The van der Waals surface area contributed by atoms with Crippen molar-refractivity contribution < 1.29 is 9.52 Å². The van der Waals surface area contributed by atoms with Crippen LogP contribution in [0.5, 0.6) is 5.75 Å². The molecule has 3 heteroatoms. The highest BCUT2D eigenvalue weighted by Crippen LogP contribution is 2.23. The van der Waals surface area contributed by atoms with Gasteiger partial charge in [-0.3, -0.25) is 0 Å². The lowest BCUT2D eigenvalue weighted by Crippen LogP contribution is -1.79. The van der Waals surface area contributed by atoms with Crippen molar-refractivity contribution >= 4 is 0 Å². The third-order valence-electron chi connectivity index (χ3n) is 1.92. The van der Waals surface area contributed by atoms with Crippen molar-refractivity contribution in [1.82, 2.24) is 4.98 Å². The van der Waals surface area contributed by atoms with E-state index in [1.54, 1.807) is 18.4 Å². The van der Waals surface area contributed by atoms with Crippen LogP contribution in [-0.2, 0) is 0 Å². The van der Waals surface area contributed by atoms with E-state index < -0.39 is 0 Å². The molecule has 1 heterocycles. The Kier molecular flexibility index (Phi) is 1.77. The molecular formula is C10H9NO2. The van der Waals surface area contributed by atoms with E-state index in [2.05, 4.69) is 4.98 Å². The summed E-state index contributed by atoms with van der Waals surface area (Å²) in [6.07, 6.45) is 2.96. The Morgan fingerprint density at radius 3 is 2.85 bits per heavy atom. The zero-order chi connectivity index (χ0) is 9.26. The van der Waals surface area contributed by atoms with Gasteiger partial charge in [0.25, 0.3) is 0 Å². The molecule has 0 aliphatic rings. The molecule has 66 valence electrons. The Bertz CT molecular complexity index is 407. The molecule has 0 radical (unpaired) electrons. The third-order valence-corrected chi connectivity index (χ3v) is 1.92. The van der Waals surface area contributed by atoms with Crippen molar-refractivity contribution in [2.45, 2.75) is 6.92 Å². The van der Waals surface area contributed by atoms with Gasteiger partial charge in [0.1, 0.15) is 17.7 Å². The number of phenolic OH excluding ortho intramolecular Hbond substituents is 1. The van der Waals surface area contributed by atoms with Crippen molar-refractivity contribution in [1.29, 1.82) is 0 Å². The van der Waals surface area contributed by atoms with Crippen molar-refractivity contribution in [3.63, 3.8) is 0 Å². The standard InChI is InChI=1S/C10H9NO2/c1-7-4-8(2-3-10(7)12)9-5-13-6-11-9/h2-6,12H,1H3. The highest BCUT2D eigenvalue weighted by Gasteiger charge is 2.02. The summed E-state index contributed by atoms with van der Waals surface area (Å²) in [5.74, 6) is 0.298. The number of hydrogen-bond donors (Lipinski definition) is 1. The molecule has 0 saturated heterocycles. The van der Waals surface area contributed by atoms with Gasteiger partial charge in [-0.15, -0.1) is 0 Å². The van der Waals surface area contributed by atoms with Crippen LogP contribution in [0.4, 0.5) is 0 Å². The molecule has 1 aromatic carbocycles. The predicted octanol–water partition coefficient (Wildman–Crippen LogP) is 2.36. The highest BCUT2D eigenvalue weighted by molar-refractivity contribution is 5.60. The normalized spacial score (nSPS) is 10.2. The van der Waals surface area contributed by atoms with E-state index in [1.165, 1.54) is 6.39 Å².